The molecule has 0 aliphatic carbocycles. The molecule has 0 atom stereocenters. The van der Waals surface area contributed by atoms with Crippen LogP contribution in [0.1, 0.15) is 27.4 Å². The molecule has 0 bridgehead atoms. The van der Waals surface area contributed by atoms with Gasteiger partial charge in [-0.25, -0.2) is 4.79 Å². The molecule has 1 aromatic carbocycles. The van der Waals surface area contributed by atoms with Crippen molar-refractivity contribution in [2.24, 2.45) is 0 Å². The SMILES string of the molecule is Cc1oc(CN(C)C(=O)Cc2ccc([N+](=O)[O-])cc2Cl)cc1C(=O)O. The van der Waals surface area contributed by atoms with Gasteiger partial charge in [-0.1, -0.05) is 17.7 Å². The Labute approximate surface area is 147 Å². The lowest BCUT2D eigenvalue weighted by Crippen LogP contribution is -2.27. The fourth-order valence-electron chi connectivity index (χ4n) is 2.25. The molecule has 0 radical (unpaired) electrons. The number of amides is 1. The van der Waals surface area contributed by atoms with Crippen molar-refractivity contribution < 1.29 is 24.0 Å². The highest BCUT2D eigenvalue weighted by Crippen LogP contribution is 2.23. The Morgan fingerprint density at radius 3 is 2.56 bits per heavy atom. The smallest absolute Gasteiger partial charge is 0.339 e. The second-order valence-corrected chi connectivity index (χ2v) is 5.85. The van der Waals surface area contributed by atoms with Crippen LogP contribution in [0.15, 0.2) is 28.7 Å². The van der Waals surface area contributed by atoms with Gasteiger partial charge in [0.15, 0.2) is 0 Å². The van der Waals surface area contributed by atoms with Crippen LogP contribution in [0.4, 0.5) is 5.69 Å². The van der Waals surface area contributed by atoms with E-state index >= 15 is 0 Å². The number of carbonyl (C=O) groups is 2. The van der Waals surface area contributed by atoms with E-state index in [0.29, 0.717) is 11.3 Å². The summed E-state index contributed by atoms with van der Waals surface area (Å²) in [5.41, 5.74) is 0.363. The monoisotopic (exact) mass is 366 g/mol. The van der Waals surface area contributed by atoms with Crippen molar-refractivity contribution in [3.63, 3.8) is 0 Å². The van der Waals surface area contributed by atoms with Crippen molar-refractivity contribution in [3.05, 3.63) is 62.0 Å². The molecule has 2 rings (SSSR count). The van der Waals surface area contributed by atoms with Crippen LogP contribution in [-0.2, 0) is 17.8 Å². The Kier molecular flexibility index (Phi) is 5.43. The van der Waals surface area contributed by atoms with E-state index in [9.17, 15) is 19.7 Å². The maximum atomic E-state index is 12.3. The van der Waals surface area contributed by atoms with Gasteiger partial charge in [0.25, 0.3) is 5.69 Å². The third-order valence-corrected chi connectivity index (χ3v) is 3.96. The molecule has 8 nitrogen and oxygen atoms in total. The van der Waals surface area contributed by atoms with E-state index in [2.05, 4.69) is 0 Å². The molecule has 0 saturated carbocycles. The highest BCUT2D eigenvalue weighted by atomic mass is 35.5. The Bertz CT molecular complexity index is 845. The molecule has 0 aliphatic heterocycles. The number of non-ortho nitro benzene ring substituents is 1. The van der Waals surface area contributed by atoms with Gasteiger partial charge in [-0.15, -0.1) is 0 Å². The zero-order chi connectivity index (χ0) is 18.7. The zero-order valence-electron chi connectivity index (χ0n) is 13.5. The fraction of sp³-hybridized carbons (Fsp3) is 0.250. The predicted octanol–water partition coefficient (Wildman–Crippen LogP) is 3.05. The summed E-state index contributed by atoms with van der Waals surface area (Å²) in [5, 5.41) is 19.8. The lowest BCUT2D eigenvalue weighted by molar-refractivity contribution is -0.384. The van der Waals surface area contributed by atoms with E-state index < -0.39 is 10.9 Å². The number of aromatic carboxylic acids is 1. The minimum Gasteiger partial charge on any atom is -0.478 e. The second-order valence-electron chi connectivity index (χ2n) is 5.45. The molecular weight excluding hydrogens is 352 g/mol. The number of halogens is 1. The van der Waals surface area contributed by atoms with Crippen molar-refractivity contribution in [2.45, 2.75) is 19.9 Å². The summed E-state index contributed by atoms with van der Waals surface area (Å²) in [7, 11) is 1.54. The molecular formula is C16H15ClN2O6. The van der Waals surface area contributed by atoms with E-state index in [4.69, 9.17) is 21.1 Å². The maximum Gasteiger partial charge on any atom is 0.339 e. The standard InChI is InChI=1S/C16H15ClN2O6/c1-9-13(16(21)22)7-12(25-9)8-18(2)15(20)5-10-3-4-11(19(23)24)6-14(10)17/h3-4,6-7H,5,8H2,1-2H3,(H,21,22). The first-order chi connectivity index (χ1) is 11.7. The normalized spacial score (nSPS) is 10.5. The third-order valence-electron chi connectivity index (χ3n) is 3.61. The molecule has 2 aromatic rings. The van der Waals surface area contributed by atoms with Gasteiger partial charge < -0.3 is 14.4 Å². The van der Waals surface area contributed by atoms with E-state index in [0.717, 1.165) is 0 Å². The van der Waals surface area contributed by atoms with Gasteiger partial charge in [-0.3, -0.25) is 14.9 Å². The number of benzene rings is 1. The Morgan fingerprint density at radius 2 is 2.04 bits per heavy atom. The zero-order valence-corrected chi connectivity index (χ0v) is 14.2. The Balaban J connectivity index is 2.07. The van der Waals surface area contributed by atoms with Crippen molar-refractivity contribution in [3.8, 4) is 0 Å². The molecule has 1 aromatic heterocycles. The number of carboxylic acid groups (broad SMARTS) is 1. The number of nitro groups is 1. The number of carboxylic acids is 1. The summed E-state index contributed by atoms with van der Waals surface area (Å²) in [5.74, 6) is -0.775. The number of nitro benzene ring substituents is 1. The van der Waals surface area contributed by atoms with E-state index in [1.165, 1.54) is 36.1 Å². The molecule has 1 heterocycles. The van der Waals surface area contributed by atoms with Crippen LogP contribution >= 0.6 is 11.6 Å². The molecule has 1 amide bonds. The maximum absolute atomic E-state index is 12.3. The summed E-state index contributed by atoms with van der Waals surface area (Å²) in [6.45, 7) is 1.63. The number of rotatable bonds is 6. The van der Waals surface area contributed by atoms with Crippen LogP contribution in [0, 0.1) is 17.0 Å². The summed E-state index contributed by atoms with van der Waals surface area (Å²) in [6.07, 6.45) is -0.0429. The van der Waals surface area contributed by atoms with E-state index in [1.807, 2.05) is 0 Å². The molecule has 25 heavy (non-hydrogen) atoms. The molecule has 0 spiro atoms. The van der Waals surface area contributed by atoms with Crippen LogP contribution < -0.4 is 0 Å². The molecule has 9 heteroatoms. The van der Waals surface area contributed by atoms with Gasteiger partial charge in [-0.2, -0.15) is 0 Å². The number of nitrogens with zero attached hydrogens (tertiary/aromatic N) is 2. The van der Waals surface area contributed by atoms with Gasteiger partial charge in [0.2, 0.25) is 5.91 Å². The van der Waals surface area contributed by atoms with Crippen LogP contribution in [0.2, 0.25) is 5.02 Å². The highest BCUT2D eigenvalue weighted by Gasteiger charge is 2.18. The summed E-state index contributed by atoms with van der Waals surface area (Å²) in [4.78, 5) is 34.8. The van der Waals surface area contributed by atoms with Crippen molar-refractivity contribution in [1.82, 2.24) is 4.90 Å². The number of hydrogen-bond donors (Lipinski definition) is 1. The van der Waals surface area contributed by atoms with Gasteiger partial charge in [0, 0.05) is 19.2 Å². The van der Waals surface area contributed by atoms with Crippen molar-refractivity contribution >= 4 is 29.2 Å². The Hall–Kier alpha value is -2.87. The first-order valence-electron chi connectivity index (χ1n) is 7.18. The number of aryl methyl sites for hydroxylation is 1. The lowest BCUT2D eigenvalue weighted by Gasteiger charge is -2.16. The fourth-order valence-corrected chi connectivity index (χ4v) is 2.49. The average molecular weight is 367 g/mol. The van der Waals surface area contributed by atoms with E-state index in [-0.39, 0.29) is 40.9 Å². The third kappa shape index (κ3) is 4.36. The molecule has 0 aliphatic rings. The lowest BCUT2D eigenvalue weighted by atomic mass is 10.1. The number of hydrogen-bond acceptors (Lipinski definition) is 5. The van der Waals surface area contributed by atoms with Gasteiger partial charge in [0.1, 0.15) is 17.1 Å². The first kappa shape index (κ1) is 18.5. The summed E-state index contributed by atoms with van der Waals surface area (Å²) >= 11 is 5.98. The Morgan fingerprint density at radius 1 is 1.36 bits per heavy atom. The number of furan rings is 1. The molecule has 0 saturated heterocycles. The van der Waals surface area contributed by atoms with Gasteiger partial charge >= 0.3 is 5.97 Å². The topological polar surface area (TPSA) is 114 Å². The highest BCUT2D eigenvalue weighted by molar-refractivity contribution is 6.31. The largest absolute Gasteiger partial charge is 0.478 e. The number of carbonyl (C=O) groups excluding carboxylic acids is 1. The predicted molar refractivity (Wildman–Crippen MR) is 88.7 cm³/mol. The van der Waals surface area contributed by atoms with Crippen molar-refractivity contribution in [2.75, 3.05) is 7.05 Å². The minimum absolute atomic E-state index is 0.0429. The van der Waals surface area contributed by atoms with Crippen LogP contribution in [-0.4, -0.2) is 33.9 Å². The summed E-state index contributed by atoms with van der Waals surface area (Å²) < 4.78 is 5.34. The van der Waals surface area contributed by atoms with Gasteiger partial charge in [0.05, 0.1) is 22.9 Å². The molecule has 0 unspecified atom stereocenters. The first-order valence-corrected chi connectivity index (χ1v) is 7.56. The van der Waals surface area contributed by atoms with Crippen LogP contribution in [0.5, 0.6) is 0 Å². The molecule has 0 fully saturated rings. The average Bonchev–Trinajstić information content (AvgIpc) is 2.89. The summed E-state index contributed by atoms with van der Waals surface area (Å²) in [6, 6.07) is 5.29. The van der Waals surface area contributed by atoms with Crippen LogP contribution in [0.3, 0.4) is 0 Å². The minimum atomic E-state index is -1.10. The molecule has 132 valence electrons. The second kappa shape index (κ2) is 7.35. The quantitative estimate of drug-likeness (QED) is 0.620. The van der Waals surface area contributed by atoms with Crippen molar-refractivity contribution in [1.29, 1.82) is 0 Å². The molecule has 1 N–H and O–H groups in total. The number of likely N-dealkylation sites (N-methyl/N-ethyl adjacent to an activating group) is 1. The van der Waals surface area contributed by atoms with Crippen LogP contribution in [0.25, 0.3) is 0 Å². The van der Waals surface area contributed by atoms with Gasteiger partial charge in [-0.05, 0) is 18.6 Å². The van der Waals surface area contributed by atoms with E-state index in [1.54, 1.807) is 7.05 Å².